The Hall–Kier alpha value is -1.09. The normalized spacial score (nSPS) is 20.2. The van der Waals surface area contributed by atoms with Crippen LogP contribution >= 0.6 is 11.3 Å². The molecule has 0 spiro atoms. The van der Waals surface area contributed by atoms with E-state index >= 15 is 0 Å². The fourth-order valence-corrected chi connectivity index (χ4v) is 2.99. The standard InChI is InChI=1S/C12H15NOS/c1-8-7-15-12(9(8)2)10-4-5-13-6-11(10)14-3/h5-7,10H,4H2,1-3H3. The summed E-state index contributed by atoms with van der Waals surface area (Å²) in [6, 6.07) is 0. The third-order valence-corrected chi connectivity index (χ3v) is 4.18. The van der Waals surface area contributed by atoms with Crippen molar-refractivity contribution in [2.24, 2.45) is 4.99 Å². The van der Waals surface area contributed by atoms with Crippen LogP contribution in [0.1, 0.15) is 28.3 Å². The van der Waals surface area contributed by atoms with E-state index < -0.39 is 0 Å². The number of allylic oxidation sites excluding steroid dienone is 1. The highest BCUT2D eigenvalue weighted by atomic mass is 32.1. The van der Waals surface area contributed by atoms with Crippen molar-refractivity contribution in [3.63, 3.8) is 0 Å². The monoisotopic (exact) mass is 221 g/mol. The molecular formula is C12H15NOS. The van der Waals surface area contributed by atoms with Crippen molar-refractivity contribution in [3.05, 3.63) is 33.3 Å². The molecule has 1 aromatic rings. The number of methoxy groups -OCH3 is 1. The number of rotatable bonds is 2. The number of hydrogen-bond donors (Lipinski definition) is 0. The van der Waals surface area contributed by atoms with E-state index in [0.717, 1.165) is 12.2 Å². The Morgan fingerprint density at radius 2 is 2.27 bits per heavy atom. The second-order valence-corrected chi connectivity index (χ2v) is 4.67. The number of nitrogens with zero attached hydrogens (tertiary/aromatic N) is 1. The minimum Gasteiger partial charge on any atom is -0.499 e. The zero-order valence-electron chi connectivity index (χ0n) is 9.28. The Balaban J connectivity index is 2.35. The lowest BCUT2D eigenvalue weighted by Gasteiger charge is -2.19. The molecule has 1 aliphatic heterocycles. The summed E-state index contributed by atoms with van der Waals surface area (Å²) in [5, 5.41) is 2.21. The summed E-state index contributed by atoms with van der Waals surface area (Å²) in [6.07, 6.45) is 4.73. The molecule has 3 heteroatoms. The molecule has 1 atom stereocenters. The molecule has 2 nitrogen and oxygen atoms in total. The lowest BCUT2D eigenvalue weighted by Crippen LogP contribution is -2.07. The van der Waals surface area contributed by atoms with Gasteiger partial charge in [0.2, 0.25) is 0 Å². The van der Waals surface area contributed by atoms with Crippen LogP contribution in [0.2, 0.25) is 0 Å². The van der Waals surface area contributed by atoms with Gasteiger partial charge < -0.3 is 4.74 Å². The van der Waals surface area contributed by atoms with E-state index in [1.807, 2.05) is 23.8 Å². The lowest BCUT2D eigenvalue weighted by atomic mass is 9.97. The first-order valence-corrected chi connectivity index (χ1v) is 5.92. The van der Waals surface area contributed by atoms with Crippen LogP contribution in [0.3, 0.4) is 0 Å². The molecule has 1 aliphatic rings. The molecule has 0 bridgehead atoms. The van der Waals surface area contributed by atoms with Crippen molar-refractivity contribution in [2.75, 3.05) is 7.11 Å². The van der Waals surface area contributed by atoms with Gasteiger partial charge in [0.05, 0.1) is 19.2 Å². The molecule has 0 aliphatic carbocycles. The van der Waals surface area contributed by atoms with Gasteiger partial charge in [-0.3, -0.25) is 4.99 Å². The SMILES string of the molecule is COC1=CN=CCC1c1scc(C)c1C. The second-order valence-electron chi connectivity index (χ2n) is 3.76. The number of thiophene rings is 1. The fourth-order valence-electron chi connectivity index (χ4n) is 1.80. The largest absolute Gasteiger partial charge is 0.499 e. The lowest BCUT2D eigenvalue weighted by molar-refractivity contribution is 0.264. The van der Waals surface area contributed by atoms with E-state index in [4.69, 9.17) is 4.74 Å². The summed E-state index contributed by atoms with van der Waals surface area (Å²) in [6.45, 7) is 4.34. The first-order valence-electron chi connectivity index (χ1n) is 5.04. The van der Waals surface area contributed by atoms with Crippen molar-refractivity contribution in [1.29, 1.82) is 0 Å². The zero-order valence-corrected chi connectivity index (χ0v) is 10.1. The van der Waals surface area contributed by atoms with Gasteiger partial charge in [-0.1, -0.05) is 0 Å². The smallest absolute Gasteiger partial charge is 0.122 e. The first kappa shape index (κ1) is 10.4. The van der Waals surface area contributed by atoms with Crippen molar-refractivity contribution in [3.8, 4) is 0 Å². The van der Waals surface area contributed by atoms with Gasteiger partial charge in [0.25, 0.3) is 0 Å². The number of aryl methyl sites for hydroxylation is 1. The summed E-state index contributed by atoms with van der Waals surface area (Å²) < 4.78 is 5.38. The Kier molecular flexibility index (Phi) is 2.91. The minimum atomic E-state index is 0.367. The van der Waals surface area contributed by atoms with Gasteiger partial charge >= 0.3 is 0 Å². The van der Waals surface area contributed by atoms with Crippen LogP contribution in [-0.2, 0) is 4.74 Å². The van der Waals surface area contributed by atoms with Gasteiger partial charge in [-0.25, -0.2) is 0 Å². The van der Waals surface area contributed by atoms with Crippen molar-refractivity contribution >= 4 is 17.6 Å². The van der Waals surface area contributed by atoms with Crippen LogP contribution < -0.4 is 0 Å². The van der Waals surface area contributed by atoms with Gasteiger partial charge in [0.1, 0.15) is 5.76 Å². The van der Waals surface area contributed by atoms with Gasteiger partial charge in [0.15, 0.2) is 0 Å². The zero-order chi connectivity index (χ0) is 10.8. The van der Waals surface area contributed by atoms with E-state index in [0.29, 0.717) is 5.92 Å². The van der Waals surface area contributed by atoms with E-state index in [-0.39, 0.29) is 0 Å². The van der Waals surface area contributed by atoms with Gasteiger partial charge in [-0.15, -0.1) is 11.3 Å². The molecule has 2 heterocycles. The molecule has 2 rings (SSSR count). The third-order valence-electron chi connectivity index (χ3n) is 2.87. The molecule has 0 saturated heterocycles. The predicted octanol–water partition coefficient (Wildman–Crippen LogP) is 3.41. The quantitative estimate of drug-likeness (QED) is 0.750. The van der Waals surface area contributed by atoms with E-state index in [1.165, 1.54) is 16.0 Å². The molecule has 15 heavy (non-hydrogen) atoms. The summed E-state index contributed by atoms with van der Waals surface area (Å²) in [5.74, 6) is 1.34. The Bertz CT molecular complexity index is 417. The highest BCUT2D eigenvalue weighted by Gasteiger charge is 2.22. The topological polar surface area (TPSA) is 21.6 Å². The van der Waals surface area contributed by atoms with Crippen LogP contribution in [0.25, 0.3) is 0 Å². The predicted molar refractivity (Wildman–Crippen MR) is 64.7 cm³/mol. The van der Waals surface area contributed by atoms with Crippen molar-refractivity contribution in [1.82, 2.24) is 0 Å². The average Bonchev–Trinajstić information content (AvgIpc) is 2.60. The van der Waals surface area contributed by atoms with E-state index in [9.17, 15) is 0 Å². The maximum Gasteiger partial charge on any atom is 0.122 e. The molecule has 1 aromatic heterocycles. The highest BCUT2D eigenvalue weighted by Crippen LogP contribution is 2.36. The number of aliphatic imine (C=N–C) groups is 1. The Morgan fingerprint density at radius 1 is 1.47 bits per heavy atom. The van der Waals surface area contributed by atoms with E-state index in [1.54, 1.807) is 7.11 Å². The summed E-state index contributed by atoms with van der Waals surface area (Å²) in [5.41, 5.74) is 2.76. The van der Waals surface area contributed by atoms with Crippen molar-refractivity contribution < 1.29 is 4.74 Å². The molecule has 0 aromatic carbocycles. The molecule has 0 saturated carbocycles. The van der Waals surface area contributed by atoms with Crippen LogP contribution in [0, 0.1) is 13.8 Å². The average molecular weight is 221 g/mol. The summed E-state index contributed by atoms with van der Waals surface area (Å²) >= 11 is 1.82. The molecule has 0 fully saturated rings. The van der Waals surface area contributed by atoms with Crippen LogP contribution in [0.15, 0.2) is 22.3 Å². The summed E-state index contributed by atoms with van der Waals surface area (Å²) in [7, 11) is 1.72. The maximum atomic E-state index is 5.38. The fraction of sp³-hybridized carbons (Fsp3) is 0.417. The molecule has 0 N–H and O–H groups in total. The van der Waals surface area contributed by atoms with Crippen LogP contribution in [0.4, 0.5) is 0 Å². The van der Waals surface area contributed by atoms with Gasteiger partial charge in [0, 0.05) is 11.1 Å². The van der Waals surface area contributed by atoms with Gasteiger partial charge in [-0.05, 0) is 36.8 Å². The number of ether oxygens (including phenoxy) is 1. The highest BCUT2D eigenvalue weighted by molar-refractivity contribution is 7.10. The first-order chi connectivity index (χ1) is 7.24. The third kappa shape index (κ3) is 1.84. The minimum absolute atomic E-state index is 0.367. The van der Waals surface area contributed by atoms with Crippen LogP contribution in [0.5, 0.6) is 0 Å². The van der Waals surface area contributed by atoms with Crippen LogP contribution in [-0.4, -0.2) is 13.3 Å². The second kappa shape index (κ2) is 4.19. The van der Waals surface area contributed by atoms with Crippen molar-refractivity contribution in [2.45, 2.75) is 26.2 Å². The summed E-state index contributed by atoms with van der Waals surface area (Å²) in [4.78, 5) is 5.54. The Morgan fingerprint density at radius 3 is 2.87 bits per heavy atom. The van der Waals surface area contributed by atoms with E-state index in [2.05, 4.69) is 24.2 Å². The molecule has 0 amide bonds. The molecule has 0 radical (unpaired) electrons. The molecule has 80 valence electrons. The molecular weight excluding hydrogens is 206 g/mol. The Labute approximate surface area is 94.3 Å². The molecule has 1 unspecified atom stereocenters. The van der Waals surface area contributed by atoms with Gasteiger partial charge in [-0.2, -0.15) is 0 Å². The number of hydrogen-bond acceptors (Lipinski definition) is 3. The maximum absolute atomic E-state index is 5.38.